The number of aromatic amines is 1. The number of aromatic nitrogens is 3. The molecule has 0 aliphatic heterocycles. The molecular weight excluding hydrogens is 331 g/mol. The molecule has 7 heteroatoms. The summed E-state index contributed by atoms with van der Waals surface area (Å²) in [5.74, 6) is 0.131. The molecule has 0 unspecified atom stereocenters. The number of rotatable bonds is 4. The van der Waals surface area contributed by atoms with Gasteiger partial charge in [-0.05, 0) is 48.3 Å². The molecule has 0 atom stereocenters. The Balaban J connectivity index is 1.95. The minimum atomic E-state index is -0.334. The van der Waals surface area contributed by atoms with Gasteiger partial charge in [0.15, 0.2) is 5.82 Å². The molecule has 0 spiro atoms. The molecule has 3 aromatic rings. The van der Waals surface area contributed by atoms with Crippen LogP contribution in [0.3, 0.4) is 0 Å². The number of nitrogens with zero attached hydrogens (tertiary/aromatic N) is 3. The minimum Gasteiger partial charge on any atom is -0.250 e. The Morgan fingerprint density at radius 3 is 2.74 bits per heavy atom. The molecule has 0 bridgehead atoms. The molecule has 3 rings (SSSR count). The van der Waals surface area contributed by atoms with Crippen molar-refractivity contribution in [1.29, 1.82) is 0 Å². The fourth-order valence-corrected chi connectivity index (χ4v) is 2.62. The Morgan fingerprint density at radius 2 is 2.04 bits per heavy atom. The van der Waals surface area contributed by atoms with Crippen molar-refractivity contribution in [2.24, 2.45) is 5.10 Å². The first kappa shape index (κ1) is 15.6. The van der Waals surface area contributed by atoms with Crippen LogP contribution < -0.4 is 0 Å². The average Bonchev–Trinajstić information content (AvgIpc) is 2.94. The van der Waals surface area contributed by atoms with Crippen LogP contribution >= 0.6 is 24.0 Å². The van der Waals surface area contributed by atoms with Gasteiger partial charge in [0.05, 0.1) is 6.21 Å². The zero-order valence-electron chi connectivity index (χ0n) is 12.2. The van der Waals surface area contributed by atoms with Gasteiger partial charge in [0.2, 0.25) is 4.77 Å². The summed E-state index contributed by atoms with van der Waals surface area (Å²) in [7, 11) is 0. The molecule has 23 heavy (non-hydrogen) atoms. The molecule has 0 saturated heterocycles. The second kappa shape index (κ2) is 6.89. The van der Waals surface area contributed by atoms with E-state index in [-0.39, 0.29) is 5.82 Å². The minimum absolute atomic E-state index is 0.334. The molecule has 0 aliphatic rings. The Kier molecular flexibility index (Phi) is 4.68. The number of nitrogens with one attached hydrogen (secondary N) is 1. The lowest BCUT2D eigenvalue weighted by Crippen LogP contribution is -1.95. The summed E-state index contributed by atoms with van der Waals surface area (Å²) in [5, 5.41) is 11.2. The van der Waals surface area contributed by atoms with Gasteiger partial charge in [0, 0.05) is 10.5 Å². The fraction of sp³-hybridized carbons (Fsp3) is 0.0625. The van der Waals surface area contributed by atoms with E-state index in [9.17, 15) is 4.39 Å². The summed E-state index contributed by atoms with van der Waals surface area (Å²) in [6.45, 7) is 0. The summed E-state index contributed by atoms with van der Waals surface area (Å²) in [6, 6.07) is 14.1. The molecule has 1 heterocycles. The van der Waals surface area contributed by atoms with Crippen LogP contribution in [-0.4, -0.2) is 27.3 Å². The predicted octanol–water partition coefficient (Wildman–Crippen LogP) is 4.35. The highest BCUT2D eigenvalue weighted by Crippen LogP contribution is 2.18. The van der Waals surface area contributed by atoms with Gasteiger partial charge in [0.25, 0.3) is 0 Å². The summed E-state index contributed by atoms with van der Waals surface area (Å²) in [4.78, 5) is 1.18. The number of H-pyrrole nitrogens is 1. The van der Waals surface area contributed by atoms with Crippen LogP contribution in [0.2, 0.25) is 0 Å². The normalized spacial score (nSPS) is 11.2. The van der Waals surface area contributed by atoms with E-state index in [0.717, 1.165) is 5.56 Å². The summed E-state index contributed by atoms with van der Waals surface area (Å²) < 4.78 is 15.2. The molecular formula is C16H13FN4S2. The molecule has 2 aromatic carbocycles. The maximum Gasteiger partial charge on any atom is 0.216 e. The summed E-state index contributed by atoms with van der Waals surface area (Å²) >= 11 is 6.87. The van der Waals surface area contributed by atoms with Crippen LogP contribution in [0.5, 0.6) is 0 Å². The van der Waals surface area contributed by atoms with Crippen LogP contribution in [0.25, 0.3) is 11.4 Å². The van der Waals surface area contributed by atoms with Gasteiger partial charge in [0.1, 0.15) is 5.82 Å². The quantitative estimate of drug-likeness (QED) is 0.435. The molecule has 1 aromatic heterocycles. The van der Waals surface area contributed by atoms with E-state index in [4.69, 9.17) is 12.2 Å². The van der Waals surface area contributed by atoms with Crippen LogP contribution in [0.1, 0.15) is 5.56 Å². The average molecular weight is 344 g/mol. The van der Waals surface area contributed by atoms with E-state index in [1.807, 2.05) is 30.5 Å². The number of benzene rings is 2. The largest absolute Gasteiger partial charge is 0.250 e. The van der Waals surface area contributed by atoms with Gasteiger partial charge in [-0.3, -0.25) is 0 Å². The van der Waals surface area contributed by atoms with Crippen molar-refractivity contribution in [3.63, 3.8) is 0 Å². The molecule has 0 amide bonds. The van der Waals surface area contributed by atoms with Crippen molar-refractivity contribution >= 4 is 30.2 Å². The van der Waals surface area contributed by atoms with E-state index in [1.54, 1.807) is 30.1 Å². The summed E-state index contributed by atoms with van der Waals surface area (Å²) in [6.07, 6.45) is 3.72. The maximum atomic E-state index is 13.4. The molecule has 0 saturated carbocycles. The molecule has 0 aliphatic carbocycles. The second-order valence-corrected chi connectivity index (χ2v) is 5.96. The maximum absolute atomic E-state index is 13.4. The van der Waals surface area contributed by atoms with E-state index in [0.29, 0.717) is 16.2 Å². The van der Waals surface area contributed by atoms with Crippen molar-refractivity contribution in [3.8, 4) is 11.4 Å². The van der Waals surface area contributed by atoms with Gasteiger partial charge in [-0.15, -0.1) is 11.8 Å². The summed E-state index contributed by atoms with van der Waals surface area (Å²) in [5.41, 5.74) is 1.54. The highest BCUT2D eigenvalue weighted by molar-refractivity contribution is 7.98. The van der Waals surface area contributed by atoms with Gasteiger partial charge in [-0.25, -0.2) is 9.49 Å². The molecule has 116 valence electrons. The third kappa shape index (κ3) is 3.57. The zero-order valence-corrected chi connectivity index (χ0v) is 13.9. The van der Waals surface area contributed by atoms with E-state index >= 15 is 0 Å². The van der Waals surface area contributed by atoms with E-state index in [2.05, 4.69) is 15.3 Å². The number of hydrogen-bond donors (Lipinski definition) is 1. The topological polar surface area (TPSA) is 46.0 Å². The molecule has 1 N–H and O–H groups in total. The molecule has 0 fully saturated rings. The van der Waals surface area contributed by atoms with Gasteiger partial charge in [-0.1, -0.05) is 24.3 Å². The van der Waals surface area contributed by atoms with Gasteiger partial charge in [-0.2, -0.15) is 14.9 Å². The Labute approximate surface area is 142 Å². The second-order valence-electron chi connectivity index (χ2n) is 4.69. The Hall–Kier alpha value is -2.25. The van der Waals surface area contributed by atoms with Gasteiger partial charge >= 0.3 is 0 Å². The third-order valence-corrected chi connectivity index (χ3v) is 4.18. The predicted molar refractivity (Wildman–Crippen MR) is 94.0 cm³/mol. The lowest BCUT2D eigenvalue weighted by molar-refractivity contribution is 0.628. The van der Waals surface area contributed by atoms with Gasteiger partial charge < -0.3 is 0 Å². The zero-order chi connectivity index (χ0) is 16.2. The van der Waals surface area contributed by atoms with E-state index in [1.165, 1.54) is 21.7 Å². The van der Waals surface area contributed by atoms with Crippen molar-refractivity contribution < 1.29 is 4.39 Å². The van der Waals surface area contributed by atoms with Crippen molar-refractivity contribution in [2.45, 2.75) is 4.90 Å². The highest BCUT2D eigenvalue weighted by Gasteiger charge is 2.08. The monoisotopic (exact) mass is 344 g/mol. The highest BCUT2D eigenvalue weighted by atomic mass is 32.2. The molecule has 4 nitrogen and oxygen atoms in total. The standard InChI is InChI=1S/C16H13FN4S2/c1-23-14-7-5-11(6-8-14)10-18-21-15(19-20-16(21)22)12-3-2-4-13(17)9-12/h2-10H,1H3,(H,20,22)/b18-10-. The van der Waals surface area contributed by atoms with Crippen molar-refractivity contribution in [2.75, 3.05) is 6.26 Å². The third-order valence-electron chi connectivity index (χ3n) is 3.17. The Bertz CT molecular complexity index is 897. The number of hydrogen-bond acceptors (Lipinski definition) is 4. The Morgan fingerprint density at radius 1 is 1.26 bits per heavy atom. The van der Waals surface area contributed by atoms with Crippen LogP contribution in [0, 0.1) is 10.6 Å². The number of thioether (sulfide) groups is 1. The lowest BCUT2D eigenvalue weighted by Gasteiger charge is -2.01. The van der Waals surface area contributed by atoms with Crippen molar-refractivity contribution in [3.05, 3.63) is 64.7 Å². The SMILES string of the molecule is CSc1ccc(/C=N\n2c(-c3cccc(F)c3)n[nH]c2=S)cc1. The van der Waals surface area contributed by atoms with Crippen LogP contribution in [0.4, 0.5) is 4.39 Å². The van der Waals surface area contributed by atoms with Crippen LogP contribution in [0.15, 0.2) is 58.5 Å². The van der Waals surface area contributed by atoms with Crippen molar-refractivity contribution in [1.82, 2.24) is 14.9 Å². The van der Waals surface area contributed by atoms with Crippen LogP contribution in [-0.2, 0) is 0 Å². The first-order chi connectivity index (χ1) is 11.2. The fourth-order valence-electron chi connectivity index (χ4n) is 2.03. The molecule has 0 radical (unpaired) electrons. The smallest absolute Gasteiger partial charge is 0.216 e. The first-order valence-electron chi connectivity index (χ1n) is 6.79. The lowest BCUT2D eigenvalue weighted by atomic mass is 10.2. The number of halogens is 1. The first-order valence-corrected chi connectivity index (χ1v) is 8.42. The van der Waals surface area contributed by atoms with E-state index < -0.39 is 0 Å².